The zero-order valence-corrected chi connectivity index (χ0v) is 15.4. The molecule has 1 saturated heterocycles. The van der Waals surface area contributed by atoms with E-state index in [1.54, 1.807) is 11.1 Å². The van der Waals surface area contributed by atoms with Crippen LogP contribution >= 0.6 is 0 Å². The number of aromatic amines is 1. The number of anilines is 1. The molecule has 3 heterocycles. The van der Waals surface area contributed by atoms with Crippen LogP contribution in [-0.4, -0.2) is 50.7 Å². The number of amides is 1. The van der Waals surface area contributed by atoms with Gasteiger partial charge in [-0.1, -0.05) is 19.4 Å². The minimum absolute atomic E-state index is 0.0481. The Hall–Kier alpha value is -2.70. The number of carbonyl (C=O) groups excluding carboxylic acids is 2. The van der Waals surface area contributed by atoms with Gasteiger partial charge in [0.2, 0.25) is 5.91 Å². The van der Waals surface area contributed by atoms with Gasteiger partial charge in [-0.25, -0.2) is 9.97 Å². The van der Waals surface area contributed by atoms with Crippen molar-refractivity contribution >= 4 is 28.5 Å². The molecule has 1 unspecified atom stereocenters. The van der Waals surface area contributed by atoms with E-state index in [4.69, 9.17) is 0 Å². The number of Topliss-reactive ketones (excluding diaryl/α,β-unsaturated/α-hetero) is 1. The quantitative estimate of drug-likeness (QED) is 0.626. The van der Waals surface area contributed by atoms with Gasteiger partial charge < -0.3 is 15.2 Å². The first-order valence-electron chi connectivity index (χ1n) is 9.71. The lowest BCUT2D eigenvalue weighted by Crippen LogP contribution is -2.44. The monoisotopic (exact) mass is 367 g/mol. The van der Waals surface area contributed by atoms with E-state index in [2.05, 4.69) is 26.8 Å². The number of rotatable bonds is 5. The van der Waals surface area contributed by atoms with Crippen molar-refractivity contribution in [1.29, 1.82) is 0 Å². The van der Waals surface area contributed by atoms with Crippen LogP contribution in [-0.2, 0) is 4.79 Å². The Labute approximate surface area is 158 Å². The highest BCUT2D eigenvalue weighted by Crippen LogP contribution is 2.32. The average molecular weight is 367 g/mol. The summed E-state index contributed by atoms with van der Waals surface area (Å²) >= 11 is 0. The fourth-order valence-electron chi connectivity index (χ4n) is 4.29. The van der Waals surface area contributed by atoms with Gasteiger partial charge in [0.15, 0.2) is 5.78 Å². The third kappa shape index (κ3) is 3.46. The fraction of sp³-hybridized carbons (Fsp3) is 0.500. The van der Waals surface area contributed by atoms with Gasteiger partial charge in [-0.05, 0) is 31.8 Å². The summed E-state index contributed by atoms with van der Waals surface area (Å²) in [4.78, 5) is 38.5. The second-order valence-electron chi connectivity index (χ2n) is 7.47. The van der Waals surface area contributed by atoms with E-state index in [1.807, 2.05) is 0 Å². The summed E-state index contributed by atoms with van der Waals surface area (Å²) < 4.78 is 0. The predicted molar refractivity (Wildman–Crippen MR) is 104 cm³/mol. The lowest BCUT2D eigenvalue weighted by atomic mass is 9.96. The van der Waals surface area contributed by atoms with Gasteiger partial charge in [-0.2, -0.15) is 0 Å². The maximum atomic E-state index is 13.0. The van der Waals surface area contributed by atoms with Crippen molar-refractivity contribution < 1.29 is 9.59 Å². The number of aromatic nitrogens is 3. The van der Waals surface area contributed by atoms with Gasteiger partial charge in [0.1, 0.15) is 17.8 Å². The molecule has 0 bridgehead atoms. The van der Waals surface area contributed by atoms with Crippen molar-refractivity contribution in [2.24, 2.45) is 5.92 Å². The highest BCUT2D eigenvalue weighted by Gasteiger charge is 2.28. The number of fused-ring (bicyclic) bond motifs is 1. The molecule has 2 N–H and O–H groups in total. The molecule has 0 aromatic carbocycles. The third-order valence-electron chi connectivity index (χ3n) is 5.71. The van der Waals surface area contributed by atoms with Crippen molar-refractivity contribution in [2.75, 3.05) is 18.4 Å². The van der Waals surface area contributed by atoms with E-state index in [1.165, 1.54) is 12.4 Å². The molecule has 4 rings (SSSR count). The Morgan fingerprint density at radius 1 is 1.22 bits per heavy atom. The normalized spacial score (nSPS) is 20.7. The predicted octanol–water partition coefficient (Wildman–Crippen LogP) is 2.92. The fourth-order valence-corrected chi connectivity index (χ4v) is 4.29. The molecule has 2 fully saturated rings. The number of hydrogen-bond donors (Lipinski definition) is 2. The number of nitrogens with one attached hydrogen (secondary N) is 2. The summed E-state index contributed by atoms with van der Waals surface area (Å²) in [6.45, 7) is 4.93. The van der Waals surface area contributed by atoms with Crippen molar-refractivity contribution in [1.82, 2.24) is 19.9 Å². The molecule has 2 aliphatic rings. The van der Waals surface area contributed by atoms with Gasteiger partial charge >= 0.3 is 0 Å². The highest BCUT2D eigenvalue weighted by atomic mass is 16.2. The van der Waals surface area contributed by atoms with Crippen molar-refractivity contribution in [3.8, 4) is 0 Å². The van der Waals surface area contributed by atoms with E-state index in [0.29, 0.717) is 23.6 Å². The Morgan fingerprint density at radius 3 is 2.81 bits per heavy atom. The minimum atomic E-state index is -0.0481. The van der Waals surface area contributed by atoms with Gasteiger partial charge in [0, 0.05) is 36.8 Å². The van der Waals surface area contributed by atoms with Gasteiger partial charge in [0.05, 0.1) is 5.39 Å². The number of piperidine rings is 1. The summed E-state index contributed by atoms with van der Waals surface area (Å²) in [6.07, 6.45) is 10.7. The molecule has 1 aliphatic heterocycles. The van der Waals surface area contributed by atoms with Crippen LogP contribution in [0.15, 0.2) is 25.2 Å². The Kier molecular flexibility index (Phi) is 4.92. The topological polar surface area (TPSA) is 91.0 Å². The number of likely N-dealkylation sites (tertiary alicyclic amines) is 1. The van der Waals surface area contributed by atoms with Gasteiger partial charge in [-0.15, -0.1) is 0 Å². The minimum Gasteiger partial charge on any atom is -0.365 e. The highest BCUT2D eigenvalue weighted by molar-refractivity contribution is 6.11. The second kappa shape index (κ2) is 7.50. The Balaban J connectivity index is 1.60. The first kappa shape index (κ1) is 17.7. The van der Waals surface area contributed by atoms with Crippen molar-refractivity contribution in [3.63, 3.8) is 0 Å². The molecule has 1 atom stereocenters. The SMILES string of the molecule is C=CC(=O)N1CCCC(Nc2ncnc3[nH]cc(C(=O)C4CCCC4)c23)C1. The second-order valence-corrected chi connectivity index (χ2v) is 7.47. The average Bonchev–Trinajstić information content (AvgIpc) is 3.37. The summed E-state index contributed by atoms with van der Waals surface area (Å²) in [7, 11) is 0. The number of nitrogens with zero attached hydrogens (tertiary/aromatic N) is 3. The number of hydrogen-bond acceptors (Lipinski definition) is 5. The summed E-state index contributed by atoms with van der Waals surface area (Å²) in [6, 6.07) is 0.0880. The Morgan fingerprint density at radius 2 is 2.04 bits per heavy atom. The van der Waals surface area contributed by atoms with Crippen LogP contribution < -0.4 is 5.32 Å². The third-order valence-corrected chi connectivity index (χ3v) is 5.71. The number of carbonyl (C=O) groups is 2. The van der Waals surface area contributed by atoms with E-state index in [9.17, 15) is 9.59 Å². The zero-order valence-electron chi connectivity index (χ0n) is 15.4. The van der Waals surface area contributed by atoms with Crippen molar-refractivity contribution in [3.05, 3.63) is 30.7 Å². The largest absolute Gasteiger partial charge is 0.365 e. The van der Waals surface area contributed by atoms with Gasteiger partial charge in [0.25, 0.3) is 0 Å². The molecular weight excluding hydrogens is 342 g/mol. The lowest BCUT2D eigenvalue weighted by Gasteiger charge is -2.32. The molecular formula is C20H25N5O2. The Bertz CT molecular complexity index is 868. The molecule has 1 aliphatic carbocycles. The number of ketones is 1. The molecule has 0 radical (unpaired) electrons. The van der Waals surface area contributed by atoms with E-state index < -0.39 is 0 Å². The standard InChI is InChI=1S/C20H25N5O2/c1-2-16(26)25-9-5-8-14(11-25)24-20-17-15(10-21-19(17)22-12-23-20)18(27)13-6-3-4-7-13/h2,10,12-14H,1,3-9,11H2,(H2,21,22,23,24). The van der Waals surface area contributed by atoms with Gasteiger partial charge in [-0.3, -0.25) is 9.59 Å². The molecule has 0 spiro atoms. The smallest absolute Gasteiger partial charge is 0.246 e. The maximum Gasteiger partial charge on any atom is 0.246 e. The molecule has 2 aromatic rings. The zero-order chi connectivity index (χ0) is 18.8. The van der Waals surface area contributed by atoms with Crippen LogP contribution in [0.4, 0.5) is 5.82 Å². The van der Waals surface area contributed by atoms with Crippen LogP contribution in [0.5, 0.6) is 0 Å². The summed E-state index contributed by atoms with van der Waals surface area (Å²) in [5.41, 5.74) is 1.35. The molecule has 1 saturated carbocycles. The van der Waals surface area contributed by atoms with Crippen LogP contribution in [0.2, 0.25) is 0 Å². The lowest BCUT2D eigenvalue weighted by molar-refractivity contribution is -0.127. The van der Waals surface area contributed by atoms with E-state index in [0.717, 1.165) is 50.5 Å². The van der Waals surface area contributed by atoms with Crippen LogP contribution in [0.1, 0.15) is 48.9 Å². The number of H-pyrrole nitrogens is 1. The first-order chi connectivity index (χ1) is 13.2. The first-order valence-corrected chi connectivity index (χ1v) is 9.71. The van der Waals surface area contributed by atoms with E-state index in [-0.39, 0.29) is 23.7 Å². The maximum absolute atomic E-state index is 13.0. The molecule has 7 heteroatoms. The molecule has 2 aromatic heterocycles. The summed E-state index contributed by atoms with van der Waals surface area (Å²) in [5, 5.41) is 4.22. The molecule has 27 heavy (non-hydrogen) atoms. The molecule has 142 valence electrons. The van der Waals surface area contributed by atoms with Crippen LogP contribution in [0.25, 0.3) is 11.0 Å². The van der Waals surface area contributed by atoms with Crippen molar-refractivity contribution in [2.45, 2.75) is 44.6 Å². The van der Waals surface area contributed by atoms with Crippen LogP contribution in [0.3, 0.4) is 0 Å². The summed E-state index contributed by atoms with van der Waals surface area (Å²) in [5.74, 6) is 0.907. The van der Waals surface area contributed by atoms with E-state index >= 15 is 0 Å². The van der Waals surface area contributed by atoms with Crippen LogP contribution in [0, 0.1) is 5.92 Å². The molecule has 7 nitrogen and oxygen atoms in total. The molecule has 1 amide bonds.